The molecule has 0 spiro atoms. The minimum atomic E-state index is -4.02. The van der Waals surface area contributed by atoms with Crippen LogP contribution in [-0.4, -0.2) is 19.1 Å². The quantitative estimate of drug-likeness (QED) is 0.476. The first-order chi connectivity index (χ1) is 11.1. The van der Waals surface area contributed by atoms with Crippen LogP contribution in [0.3, 0.4) is 0 Å². The Kier molecular flexibility index (Phi) is 5.02. The third kappa shape index (κ3) is 3.96. The number of primary sulfonamides is 1. The van der Waals surface area contributed by atoms with Gasteiger partial charge in [0.25, 0.3) is 5.69 Å². The average molecular weight is 368 g/mol. The summed E-state index contributed by atoms with van der Waals surface area (Å²) in [5.41, 5.74) is 3.90. The third-order valence-electron chi connectivity index (χ3n) is 3.27. The zero-order chi connectivity index (χ0) is 18.1. The van der Waals surface area contributed by atoms with E-state index in [2.05, 4.69) is 10.5 Å². The summed E-state index contributed by atoms with van der Waals surface area (Å²) >= 11 is 1.63. The molecule has 0 aliphatic rings. The number of aryl methyl sites for hydroxylation is 2. The number of thiophene rings is 1. The number of nitrogens with one attached hydrogen (secondary N) is 1. The largest absolute Gasteiger partial charge is 0.295 e. The van der Waals surface area contributed by atoms with E-state index in [1.54, 1.807) is 18.3 Å². The number of sulfonamides is 1. The maximum absolute atomic E-state index is 11.3. The van der Waals surface area contributed by atoms with E-state index in [-0.39, 0.29) is 10.6 Å². The van der Waals surface area contributed by atoms with Gasteiger partial charge < -0.3 is 0 Å². The second kappa shape index (κ2) is 6.67. The minimum absolute atomic E-state index is 0.0800. The first-order valence-electron chi connectivity index (χ1n) is 6.78. The van der Waals surface area contributed by atoms with E-state index in [1.165, 1.54) is 12.1 Å². The molecule has 1 aromatic heterocycles. The molecule has 0 radical (unpaired) electrons. The number of nitro benzene ring substituents is 1. The molecule has 10 heteroatoms. The van der Waals surface area contributed by atoms with Gasteiger partial charge in [-0.3, -0.25) is 15.5 Å². The van der Waals surface area contributed by atoms with Crippen molar-refractivity contribution < 1.29 is 13.3 Å². The Morgan fingerprint density at radius 3 is 2.50 bits per heavy atom. The molecule has 24 heavy (non-hydrogen) atoms. The van der Waals surface area contributed by atoms with E-state index in [0.717, 1.165) is 21.4 Å². The molecule has 0 saturated carbocycles. The highest BCUT2D eigenvalue weighted by molar-refractivity contribution is 7.89. The third-order valence-corrected chi connectivity index (χ3v) is 5.15. The number of benzene rings is 1. The molecule has 1 aromatic carbocycles. The number of nitrogens with two attached hydrogens (primary N) is 1. The first-order valence-corrected chi connectivity index (χ1v) is 9.15. The smallest absolute Gasteiger partial charge is 0.271 e. The predicted octanol–water partition coefficient (Wildman–Crippen LogP) is 2.76. The van der Waals surface area contributed by atoms with Crippen LogP contribution in [0.4, 0.5) is 11.4 Å². The van der Waals surface area contributed by atoms with E-state index in [9.17, 15) is 18.5 Å². The summed E-state index contributed by atoms with van der Waals surface area (Å²) in [6, 6.07) is 5.34. The molecule has 2 rings (SSSR count). The lowest BCUT2D eigenvalue weighted by Gasteiger charge is -2.06. The molecule has 3 N–H and O–H groups in total. The van der Waals surface area contributed by atoms with Crippen molar-refractivity contribution in [3.8, 4) is 0 Å². The van der Waals surface area contributed by atoms with E-state index in [4.69, 9.17) is 5.14 Å². The van der Waals surface area contributed by atoms with E-state index in [0.29, 0.717) is 5.71 Å². The molecule has 0 aliphatic heterocycles. The summed E-state index contributed by atoms with van der Waals surface area (Å²) in [5.74, 6) is 0. The van der Waals surface area contributed by atoms with Crippen molar-refractivity contribution in [1.82, 2.24) is 0 Å². The Hall–Kier alpha value is -2.30. The molecule has 0 atom stereocenters. The molecule has 0 aliphatic carbocycles. The number of nitro groups is 1. The Bertz CT molecular complexity index is 932. The van der Waals surface area contributed by atoms with Crippen LogP contribution in [0.5, 0.6) is 0 Å². The molecule has 0 amide bonds. The summed E-state index contributed by atoms with van der Waals surface area (Å²) in [6.07, 6.45) is 0. The van der Waals surface area contributed by atoms with Crippen LogP contribution in [0, 0.1) is 24.0 Å². The fourth-order valence-corrected chi connectivity index (χ4v) is 3.64. The summed E-state index contributed by atoms with van der Waals surface area (Å²) in [5, 5.41) is 20.3. The maximum atomic E-state index is 11.3. The van der Waals surface area contributed by atoms with Gasteiger partial charge >= 0.3 is 0 Å². The molecular weight excluding hydrogens is 352 g/mol. The van der Waals surface area contributed by atoms with Crippen LogP contribution in [-0.2, 0) is 10.0 Å². The van der Waals surface area contributed by atoms with Crippen LogP contribution < -0.4 is 10.6 Å². The van der Waals surface area contributed by atoms with Crippen LogP contribution in [0.15, 0.2) is 34.3 Å². The molecule has 2 aromatic rings. The van der Waals surface area contributed by atoms with Gasteiger partial charge in [-0.05, 0) is 39.0 Å². The molecular formula is C14H16N4O4S2. The highest BCUT2D eigenvalue weighted by Gasteiger charge is 2.19. The molecule has 128 valence electrons. The number of rotatable bonds is 5. The zero-order valence-corrected chi connectivity index (χ0v) is 14.9. The fourth-order valence-electron chi connectivity index (χ4n) is 2.13. The van der Waals surface area contributed by atoms with E-state index < -0.39 is 20.6 Å². The van der Waals surface area contributed by atoms with Crippen molar-refractivity contribution in [1.29, 1.82) is 0 Å². The van der Waals surface area contributed by atoms with E-state index >= 15 is 0 Å². The van der Waals surface area contributed by atoms with Crippen LogP contribution >= 0.6 is 11.3 Å². The number of nitrogens with zero attached hydrogens (tertiary/aromatic N) is 2. The monoisotopic (exact) mass is 368 g/mol. The average Bonchev–Trinajstić information content (AvgIpc) is 2.82. The summed E-state index contributed by atoms with van der Waals surface area (Å²) in [4.78, 5) is 12.4. The molecule has 0 fully saturated rings. The van der Waals surface area contributed by atoms with Gasteiger partial charge in [-0.25, -0.2) is 13.6 Å². The lowest BCUT2D eigenvalue weighted by atomic mass is 10.2. The number of hydrogen-bond acceptors (Lipinski definition) is 7. The Balaban J connectivity index is 2.37. The SMILES string of the molecule is C/C(=N/Nc1ccc(S(N)(=O)=O)cc1[N+](=O)[O-])c1cc(C)sc1C. The Morgan fingerprint density at radius 2 is 2.00 bits per heavy atom. The van der Waals surface area contributed by atoms with Gasteiger partial charge in [-0.2, -0.15) is 5.10 Å². The second-order valence-electron chi connectivity index (χ2n) is 5.12. The van der Waals surface area contributed by atoms with Crippen LogP contribution in [0.2, 0.25) is 0 Å². The van der Waals surface area contributed by atoms with Crippen molar-refractivity contribution in [2.75, 3.05) is 5.43 Å². The van der Waals surface area contributed by atoms with Crippen molar-refractivity contribution in [2.45, 2.75) is 25.7 Å². The topological polar surface area (TPSA) is 128 Å². The van der Waals surface area contributed by atoms with Gasteiger partial charge in [0.05, 0.1) is 15.5 Å². The highest BCUT2D eigenvalue weighted by atomic mass is 32.2. The van der Waals surface area contributed by atoms with Gasteiger partial charge in [0, 0.05) is 21.4 Å². The number of hydrazone groups is 1. The fraction of sp³-hybridized carbons (Fsp3) is 0.214. The zero-order valence-electron chi connectivity index (χ0n) is 13.2. The minimum Gasteiger partial charge on any atom is -0.271 e. The second-order valence-corrected chi connectivity index (χ2v) is 8.14. The molecule has 8 nitrogen and oxygen atoms in total. The first kappa shape index (κ1) is 18.0. The molecule has 1 heterocycles. The highest BCUT2D eigenvalue weighted by Crippen LogP contribution is 2.27. The van der Waals surface area contributed by atoms with Gasteiger partial charge in [0.1, 0.15) is 5.69 Å². The Morgan fingerprint density at radius 1 is 1.33 bits per heavy atom. The molecule has 0 saturated heterocycles. The summed E-state index contributed by atoms with van der Waals surface area (Å²) in [7, 11) is -4.02. The van der Waals surface area contributed by atoms with Crippen LogP contribution in [0.1, 0.15) is 22.2 Å². The summed E-state index contributed by atoms with van der Waals surface area (Å²) < 4.78 is 22.6. The standard InChI is InChI=1S/C14H16N4O4S2/c1-8-6-12(10(3)23-8)9(2)16-17-13-5-4-11(24(15,21)22)7-14(13)18(19)20/h4-7,17H,1-3H3,(H2,15,21,22)/b16-9-. The van der Waals surface area contributed by atoms with Crippen molar-refractivity contribution in [3.63, 3.8) is 0 Å². The molecule has 0 bridgehead atoms. The Labute approximate surface area is 143 Å². The lowest BCUT2D eigenvalue weighted by Crippen LogP contribution is -2.12. The lowest BCUT2D eigenvalue weighted by molar-refractivity contribution is -0.384. The van der Waals surface area contributed by atoms with E-state index in [1.807, 2.05) is 19.9 Å². The van der Waals surface area contributed by atoms with Gasteiger partial charge in [-0.1, -0.05) is 0 Å². The van der Waals surface area contributed by atoms with Gasteiger partial charge in [0.2, 0.25) is 10.0 Å². The number of anilines is 1. The number of hydrogen-bond donors (Lipinski definition) is 2. The van der Waals surface area contributed by atoms with Gasteiger partial charge in [0.15, 0.2) is 0 Å². The van der Waals surface area contributed by atoms with Crippen molar-refractivity contribution in [2.24, 2.45) is 10.2 Å². The van der Waals surface area contributed by atoms with Crippen molar-refractivity contribution in [3.05, 3.63) is 49.7 Å². The normalized spacial score (nSPS) is 12.2. The summed E-state index contributed by atoms with van der Waals surface area (Å²) in [6.45, 7) is 5.74. The molecule has 0 unspecified atom stereocenters. The predicted molar refractivity (Wildman–Crippen MR) is 94.1 cm³/mol. The van der Waals surface area contributed by atoms with Crippen molar-refractivity contribution >= 4 is 38.4 Å². The maximum Gasteiger partial charge on any atom is 0.295 e. The van der Waals surface area contributed by atoms with Crippen LogP contribution in [0.25, 0.3) is 0 Å². The van der Waals surface area contributed by atoms with Gasteiger partial charge in [-0.15, -0.1) is 11.3 Å².